The van der Waals surface area contributed by atoms with Gasteiger partial charge in [-0.15, -0.1) is 0 Å². The summed E-state index contributed by atoms with van der Waals surface area (Å²) in [6.07, 6.45) is 3.91. The Hall–Kier alpha value is -4.84. The van der Waals surface area contributed by atoms with Gasteiger partial charge in [-0.1, -0.05) is 48.5 Å². The van der Waals surface area contributed by atoms with Crippen molar-refractivity contribution in [1.82, 2.24) is 18.9 Å². The Morgan fingerprint density at radius 1 is 0.829 bits per heavy atom. The fraction of sp³-hybridized carbons (Fsp3) is 0.0345. The van der Waals surface area contributed by atoms with Crippen LogP contribution in [-0.2, 0) is 6.42 Å². The van der Waals surface area contributed by atoms with Gasteiger partial charge in [0.05, 0.1) is 11.4 Å². The molecule has 35 heavy (non-hydrogen) atoms. The first kappa shape index (κ1) is 20.7. The van der Waals surface area contributed by atoms with Crippen LogP contribution >= 0.6 is 0 Å². The molecule has 0 radical (unpaired) electrons. The highest BCUT2D eigenvalue weighted by Crippen LogP contribution is 2.19. The second kappa shape index (κ2) is 8.50. The highest BCUT2D eigenvalue weighted by Gasteiger charge is 2.17. The minimum absolute atomic E-state index is 0.123. The van der Waals surface area contributed by atoms with Crippen molar-refractivity contribution in [1.29, 1.82) is 0 Å². The third-order valence-corrected chi connectivity index (χ3v) is 6.06. The molecule has 0 aliphatic carbocycles. The van der Waals surface area contributed by atoms with Gasteiger partial charge in [-0.25, -0.2) is 9.97 Å². The van der Waals surface area contributed by atoms with Crippen LogP contribution < -0.4 is 5.56 Å². The molecule has 0 spiro atoms. The third kappa shape index (κ3) is 3.71. The highest BCUT2D eigenvalue weighted by atomic mass is 16.1. The van der Waals surface area contributed by atoms with E-state index in [1.54, 1.807) is 35.0 Å². The summed E-state index contributed by atoms with van der Waals surface area (Å²) < 4.78 is 3.41. The van der Waals surface area contributed by atoms with Gasteiger partial charge in [0, 0.05) is 29.9 Å². The van der Waals surface area contributed by atoms with Crippen LogP contribution in [0.4, 0.5) is 0 Å². The summed E-state index contributed by atoms with van der Waals surface area (Å²) in [5, 5.41) is 0. The number of hydrogen-bond acceptors (Lipinski definition) is 4. The number of rotatable bonds is 5. The van der Waals surface area contributed by atoms with Crippen molar-refractivity contribution in [3.63, 3.8) is 0 Å². The molecule has 0 atom stereocenters. The van der Waals surface area contributed by atoms with Crippen LogP contribution in [0.25, 0.3) is 22.4 Å². The Morgan fingerprint density at radius 3 is 2.57 bits per heavy atom. The number of fused-ring (bicyclic) bond motifs is 2. The second-order valence-corrected chi connectivity index (χ2v) is 8.30. The molecule has 4 heterocycles. The number of carbonyl (C=O) groups is 1. The summed E-state index contributed by atoms with van der Waals surface area (Å²) in [5.41, 5.74) is 4.80. The number of ketones is 1. The average Bonchev–Trinajstić information content (AvgIpc) is 3.34. The van der Waals surface area contributed by atoms with Crippen LogP contribution in [0.1, 0.15) is 27.3 Å². The molecule has 0 aliphatic rings. The van der Waals surface area contributed by atoms with Gasteiger partial charge in [-0.3, -0.25) is 14.2 Å². The van der Waals surface area contributed by atoms with Crippen LogP contribution in [0.5, 0.6) is 0 Å². The van der Waals surface area contributed by atoms with Gasteiger partial charge in [-0.05, 0) is 54.1 Å². The largest absolute Gasteiger partial charge is 0.314 e. The van der Waals surface area contributed by atoms with Crippen molar-refractivity contribution in [2.45, 2.75) is 6.42 Å². The molecule has 6 heteroatoms. The molecule has 0 N–H and O–H groups in total. The van der Waals surface area contributed by atoms with E-state index in [1.807, 2.05) is 83.4 Å². The van der Waals surface area contributed by atoms with Gasteiger partial charge in [0.15, 0.2) is 5.65 Å². The van der Waals surface area contributed by atoms with Crippen molar-refractivity contribution in [2.75, 3.05) is 0 Å². The first-order chi connectivity index (χ1) is 17.2. The zero-order valence-corrected chi connectivity index (χ0v) is 18.7. The monoisotopic (exact) mass is 456 g/mol. The van der Waals surface area contributed by atoms with E-state index in [9.17, 15) is 9.59 Å². The van der Waals surface area contributed by atoms with Gasteiger partial charge < -0.3 is 4.40 Å². The molecule has 168 valence electrons. The maximum absolute atomic E-state index is 13.6. The van der Waals surface area contributed by atoms with E-state index in [2.05, 4.69) is 9.97 Å². The first-order valence-corrected chi connectivity index (χ1v) is 11.3. The van der Waals surface area contributed by atoms with Gasteiger partial charge in [0.1, 0.15) is 11.2 Å². The van der Waals surface area contributed by atoms with Crippen molar-refractivity contribution >= 4 is 22.5 Å². The molecule has 4 aromatic heterocycles. The predicted molar refractivity (Wildman–Crippen MR) is 135 cm³/mol. The van der Waals surface area contributed by atoms with E-state index >= 15 is 0 Å². The molecule has 6 rings (SSSR count). The number of nitrogens with zero attached hydrogens (tertiary/aromatic N) is 4. The summed E-state index contributed by atoms with van der Waals surface area (Å²) in [5.74, 6) is -0.123. The molecular weight excluding hydrogens is 436 g/mol. The van der Waals surface area contributed by atoms with Crippen molar-refractivity contribution in [3.05, 3.63) is 142 Å². The molecule has 0 saturated carbocycles. The lowest BCUT2D eigenvalue weighted by molar-refractivity contribution is 0.103. The van der Waals surface area contributed by atoms with Crippen molar-refractivity contribution in [3.8, 4) is 5.69 Å². The smallest absolute Gasteiger partial charge is 0.278 e. The molecule has 0 unspecified atom stereocenters. The summed E-state index contributed by atoms with van der Waals surface area (Å²) in [4.78, 5) is 36.1. The van der Waals surface area contributed by atoms with Crippen LogP contribution in [-0.4, -0.2) is 24.7 Å². The Labute approximate surface area is 200 Å². The first-order valence-electron chi connectivity index (χ1n) is 11.3. The van der Waals surface area contributed by atoms with Crippen LogP contribution in [0.3, 0.4) is 0 Å². The Morgan fingerprint density at radius 2 is 1.69 bits per heavy atom. The lowest BCUT2D eigenvalue weighted by Crippen LogP contribution is -2.25. The maximum atomic E-state index is 13.6. The highest BCUT2D eigenvalue weighted by molar-refractivity contribution is 6.09. The van der Waals surface area contributed by atoms with Crippen LogP contribution in [0.15, 0.2) is 114 Å². The minimum atomic E-state index is -0.252. The number of pyridine rings is 2. The molecule has 6 aromatic rings. The van der Waals surface area contributed by atoms with Crippen molar-refractivity contribution in [2.24, 2.45) is 0 Å². The minimum Gasteiger partial charge on any atom is -0.314 e. The molecule has 0 saturated heterocycles. The number of carbonyl (C=O) groups excluding carboxylic acids is 1. The van der Waals surface area contributed by atoms with Gasteiger partial charge in [-0.2, -0.15) is 0 Å². The zero-order chi connectivity index (χ0) is 23.8. The summed E-state index contributed by atoms with van der Waals surface area (Å²) in [6, 6.07) is 30.0. The van der Waals surface area contributed by atoms with E-state index in [0.29, 0.717) is 40.2 Å². The Balaban J connectivity index is 1.49. The molecule has 0 bridgehead atoms. The summed E-state index contributed by atoms with van der Waals surface area (Å²) in [7, 11) is 0. The van der Waals surface area contributed by atoms with E-state index in [-0.39, 0.29) is 11.3 Å². The number of benzene rings is 2. The number of aromatic nitrogens is 4. The molecule has 0 fully saturated rings. The predicted octanol–water partition coefficient (Wildman–Crippen LogP) is 4.86. The maximum Gasteiger partial charge on any atom is 0.278 e. The van der Waals surface area contributed by atoms with E-state index in [0.717, 1.165) is 11.1 Å². The average molecular weight is 457 g/mol. The third-order valence-electron chi connectivity index (χ3n) is 6.06. The number of hydrogen-bond donors (Lipinski definition) is 0. The molecule has 0 amide bonds. The Bertz CT molecular complexity index is 1770. The standard InChI is InChI=1S/C29H20N4O2/c34-27(26-15-14-22-11-4-5-17-32(22)26)21-10-6-12-23(19-21)33-28-24(13-7-16-30-28)31-25(29(33)35)18-20-8-2-1-3-9-20/h1-17,19H,18H2. The molecule has 0 aliphatic heterocycles. The fourth-order valence-corrected chi connectivity index (χ4v) is 4.39. The quantitative estimate of drug-likeness (QED) is 0.348. The van der Waals surface area contributed by atoms with E-state index in [1.165, 1.54) is 0 Å². The van der Waals surface area contributed by atoms with E-state index in [4.69, 9.17) is 0 Å². The molecular formula is C29H20N4O2. The van der Waals surface area contributed by atoms with Crippen LogP contribution in [0, 0.1) is 0 Å². The Kier molecular flexibility index (Phi) is 5.04. The molecule has 6 nitrogen and oxygen atoms in total. The van der Waals surface area contributed by atoms with Gasteiger partial charge >= 0.3 is 0 Å². The SMILES string of the molecule is O=C(c1cccc(-n2c(=O)c(Cc3ccccc3)nc3cccnc32)c1)c1ccc2ccccn12. The van der Waals surface area contributed by atoms with Gasteiger partial charge in [0.2, 0.25) is 5.78 Å². The van der Waals surface area contributed by atoms with E-state index < -0.39 is 0 Å². The summed E-state index contributed by atoms with van der Waals surface area (Å²) in [6.45, 7) is 0. The van der Waals surface area contributed by atoms with Crippen LogP contribution in [0.2, 0.25) is 0 Å². The molecule has 2 aromatic carbocycles. The lowest BCUT2D eigenvalue weighted by atomic mass is 10.1. The zero-order valence-electron chi connectivity index (χ0n) is 18.7. The topological polar surface area (TPSA) is 69.3 Å². The van der Waals surface area contributed by atoms with Crippen molar-refractivity contribution < 1.29 is 4.79 Å². The summed E-state index contributed by atoms with van der Waals surface area (Å²) >= 11 is 0. The normalized spacial score (nSPS) is 11.2. The lowest BCUT2D eigenvalue weighted by Gasteiger charge is -2.13. The fourth-order valence-electron chi connectivity index (χ4n) is 4.39. The second-order valence-electron chi connectivity index (χ2n) is 8.30. The van der Waals surface area contributed by atoms with Gasteiger partial charge in [0.25, 0.3) is 5.56 Å².